The maximum absolute atomic E-state index is 11.0. The van der Waals surface area contributed by atoms with Gasteiger partial charge in [0.15, 0.2) is 5.69 Å². The molecule has 6 heteroatoms. The first-order valence-corrected chi connectivity index (χ1v) is 5.09. The predicted molar refractivity (Wildman–Crippen MR) is 66.7 cm³/mol. The normalized spacial score (nSPS) is 9.94. The fourth-order valence-corrected chi connectivity index (χ4v) is 1.60. The van der Waals surface area contributed by atoms with E-state index in [0.717, 1.165) is 5.46 Å². The molecule has 0 radical (unpaired) electrons. The van der Waals surface area contributed by atoms with Crippen molar-refractivity contribution in [2.75, 3.05) is 19.0 Å². The molecule has 0 atom stereocenters. The van der Waals surface area contributed by atoms with Gasteiger partial charge in [-0.15, -0.1) is 0 Å². The highest BCUT2D eigenvalue weighted by Crippen LogP contribution is 2.35. The number of benzene rings is 1. The zero-order valence-corrected chi connectivity index (χ0v) is 9.96. The van der Waals surface area contributed by atoms with Crippen LogP contribution in [0, 0.1) is 17.0 Å². The van der Waals surface area contributed by atoms with Gasteiger partial charge in [-0.05, 0) is 19.9 Å². The molecule has 1 aromatic carbocycles. The lowest BCUT2D eigenvalue weighted by Crippen LogP contribution is -2.14. The van der Waals surface area contributed by atoms with Gasteiger partial charge in [-0.25, -0.2) is 0 Å². The second kappa shape index (κ2) is 4.87. The van der Waals surface area contributed by atoms with Crippen molar-refractivity contribution in [3.63, 3.8) is 0 Å². The van der Waals surface area contributed by atoms with Gasteiger partial charge in [0.1, 0.15) is 13.6 Å². The highest BCUT2D eigenvalue weighted by atomic mass is 16.6. The molecule has 0 aliphatic carbocycles. The highest BCUT2D eigenvalue weighted by molar-refractivity contribution is 6.34. The van der Waals surface area contributed by atoms with Gasteiger partial charge in [0.25, 0.3) is 5.69 Å². The number of nitrogens with zero attached hydrogens (tertiary/aromatic N) is 1. The van der Waals surface area contributed by atoms with E-state index in [9.17, 15) is 10.1 Å². The number of anilines is 1. The Balaban J connectivity index is 3.50. The molecule has 0 unspecified atom stereocenters. The molecule has 1 aromatic rings. The Kier molecular flexibility index (Phi) is 3.76. The first kappa shape index (κ1) is 12.4. The number of rotatable bonds is 4. The first-order valence-electron chi connectivity index (χ1n) is 5.09. The molecule has 0 saturated carbocycles. The van der Waals surface area contributed by atoms with Crippen molar-refractivity contribution in [3.05, 3.63) is 21.7 Å². The summed E-state index contributed by atoms with van der Waals surface area (Å²) in [7, 11) is 3.34. The van der Waals surface area contributed by atoms with Crippen LogP contribution < -0.4 is 15.5 Å². The van der Waals surface area contributed by atoms with Crippen molar-refractivity contribution >= 4 is 24.7 Å². The molecule has 0 spiro atoms. The zero-order chi connectivity index (χ0) is 12.3. The molecule has 0 aliphatic heterocycles. The average molecular weight is 222 g/mol. The second-order valence-electron chi connectivity index (χ2n) is 3.53. The molecule has 1 N–H and O–H groups in total. The van der Waals surface area contributed by atoms with Crippen LogP contribution in [0.4, 0.5) is 11.4 Å². The third-order valence-corrected chi connectivity index (χ3v) is 2.53. The van der Waals surface area contributed by atoms with E-state index in [0.29, 0.717) is 23.5 Å². The van der Waals surface area contributed by atoms with E-state index in [-0.39, 0.29) is 10.6 Å². The minimum Gasteiger partial charge on any atom is -0.494 e. The van der Waals surface area contributed by atoms with Crippen LogP contribution in [0.3, 0.4) is 0 Å². The smallest absolute Gasteiger partial charge is 0.298 e. The molecule has 0 aromatic heterocycles. The summed E-state index contributed by atoms with van der Waals surface area (Å²) in [6.45, 7) is 4.24. The van der Waals surface area contributed by atoms with Gasteiger partial charge >= 0.3 is 0 Å². The van der Waals surface area contributed by atoms with Crippen LogP contribution in [0.2, 0.25) is 0 Å². The van der Waals surface area contributed by atoms with Crippen molar-refractivity contribution in [3.8, 4) is 5.75 Å². The molecule has 0 fully saturated rings. The number of ether oxygens (including phenoxy) is 1. The van der Waals surface area contributed by atoms with E-state index in [4.69, 9.17) is 4.74 Å². The summed E-state index contributed by atoms with van der Waals surface area (Å²) >= 11 is 0. The molecule has 0 amide bonds. The maximum Gasteiger partial charge on any atom is 0.298 e. The Bertz CT molecular complexity index is 421. The van der Waals surface area contributed by atoms with E-state index in [1.165, 1.54) is 7.11 Å². The van der Waals surface area contributed by atoms with Crippen LogP contribution in [-0.4, -0.2) is 26.4 Å². The number of hydrogen-bond acceptors (Lipinski definition) is 4. The van der Waals surface area contributed by atoms with E-state index >= 15 is 0 Å². The molecule has 86 valence electrons. The van der Waals surface area contributed by atoms with Crippen LogP contribution in [-0.2, 0) is 0 Å². The summed E-state index contributed by atoms with van der Waals surface area (Å²) in [5.74, 6) is 0.511. The highest BCUT2D eigenvalue weighted by Gasteiger charge is 2.22. The summed E-state index contributed by atoms with van der Waals surface area (Å²) in [6.07, 6.45) is 0. The van der Waals surface area contributed by atoms with Crippen LogP contribution >= 0.6 is 0 Å². The molecule has 0 bridgehead atoms. The van der Waals surface area contributed by atoms with E-state index in [1.54, 1.807) is 13.0 Å². The number of nitrogens with one attached hydrogen (secondary N) is 1. The van der Waals surface area contributed by atoms with Crippen LogP contribution in [0.15, 0.2) is 6.07 Å². The van der Waals surface area contributed by atoms with E-state index in [2.05, 4.69) is 5.32 Å². The number of nitro benzene ring substituents is 1. The summed E-state index contributed by atoms with van der Waals surface area (Å²) in [6, 6.07) is 1.81. The number of hydrogen-bond donors (Lipinski definition) is 1. The molecule has 0 saturated heterocycles. The molecule has 0 heterocycles. The third-order valence-electron chi connectivity index (χ3n) is 2.53. The average Bonchev–Trinajstić information content (AvgIpc) is 2.23. The lowest BCUT2D eigenvalue weighted by atomic mass is 9.89. The molecular weight excluding hydrogens is 207 g/mol. The topological polar surface area (TPSA) is 64.4 Å². The van der Waals surface area contributed by atoms with E-state index < -0.39 is 0 Å². The van der Waals surface area contributed by atoms with Crippen molar-refractivity contribution in [1.29, 1.82) is 0 Å². The Labute approximate surface area is 95.4 Å². The molecule has 1 rings (SSSR count). The zero-order valence-electron chi connectivity index (χ0n) is 9.96. The van der Waals surface area contributed by atoms with Crippen LogP contribution in [0.1, 0.15) is 12.5 Å². The Morgan fingerprint density at radius 1 is 1.62 bits per heavy atom. The standard InChI is InChI=1S/C10H15BN2O3/c1-4-12-9-8(16-3)5-7(11)6(2)10(9)13(14)15/h5,12H,4,11H2,1-3H3. The summed E-state index contributed by atoms with van der Waals surface area (Å²) < 4.78 is 5.16. The largest absolute Gasteiger partial charge is 0.494 e. The Morgan fingerprint density at radius 2 is 2.25 bits per heavy atom. The van der Waals surface area contributed by atoms with Crippen LogP contribution in [0.25, 0.3) is 0 Å². The Hall–Kier alpha value is -1.72. The monoisotopic (exact) mass is 222 g/mol. The SMILES string of the molecule is Bc1cc(OC)c(NCC)c([N+](=O)[O-])c1C. The predicted octanol–water partition coefficient (Wildman–Crippen LogP) is 0.602. The van der Waals surface area contributed by atoms with Gasteiger partial charge in [0.05, 0.1) is 12.0 Å². The second-order valence-corrected chi connectivity index (χ2v) is 3.53. The summed E-state index contributed by atoms with van der Waals surface area (Å²) in [4.78, 5) is 10.7. The number of nitro groups is 1. The van der Waals surface area contributed by atoms with Gasteiger partial charge in [0.2, 0.25) is 0 Å². The quantitative estimate of drug-likeness (QED) is 0.460. The van der Waals surface area contributed by atoms with Crippen molar-refractivity contribution < 1.29 is 9.66 Å². The minimum atomic E-state index is -0.372. The number of methoxy groups -OCH3 is 1. The van der Waals surface area contributed by atoms with Gasteiger partial charge < -0.3 is 10.1 Å². The van der Waals surface area contributed by atoms with Crippen molar-refractivity contribution in [2.24, 2.45) is 0 Å². The lowest BCUT2D eigenvalue weighted by molar-refractivity contribution is -0.384. The van der Waals surface area contributed by atoms with Gasteiger partial charge in [-0.3, -0.25) is 10.1 Å². The minimum absolute atomic E-state index is 0.0960. The van der Waals surface area contributed by atoms with Crippen LogP contribution in [0.5, 0.6) is 5.75 Å². The summed E-state index contributed by atoms with van der Waals surface area (Å²) in [5.41, 5.74) is 2.07. The van der Waals surface area contributed by atoms with Crippen molar-refractivity contribution in [1.82, 2.24) is 0 Å². The maximum atomic E-state index is 11.0. The van der Waals surface area contributed by atoms with Gasteiger partial charge in [0, 0.05) is 12.1 Å². The summed E-state index contributed by atoms with van der Waals surface area (Å²) in [5, 5.41) is 14.0. The van der Waals surface area contributed by atoms with Crippen molar-refractivity contribution in [2.45, 2.75) is 13.8 Å². The van der Waals surface area contributed by atoms with Gasteiger partial charge in [-0.1, -0.05) is 5.46 Å². The molecule has 5 nitrogen and oxygen atoms in total. The molecular formula is C10H15BN2O3. The van der Waals surface area contributed by atoms with Gasteiger partial charge in [-0.2, -0.15) is 0 Å². The lowest BCUT2D eigenvalue weighted by Gasteiger charge is -2.13. The molecule has 16 heavy (non-hydrogen) atoms. The Morgan fingerprint density at radius 3 is 2.69 bits per heavy atom. The third kappa shape index (κ3) is 2.10. The fraction of sp³-hybridized carbons (Fsp3) is 0.400. The fourth-order valence-electron chi connectivity index (χ4n) is 1.60. The molecule has 0 aliphatic rings. The van der Waals surface area contributed by atoms with E-state index in [1.807, 2.05) is 14.8 Å². The first-order chi connectivity index (χ1) is 7.52.